The predicted octanol–water partition coefficient (Wildman–Crippen LogP) is 4.02. The van der Waals surface area contributed by atoms with Crippen LogP contribution in [0.3, 0.4) is 0 Å². The van der Waals surface area contributed by atoms with Gasteiger partial charge in [-0.05, 0) is 37.1 Å². The van der Waals surface area contributed by atoms with E-state index in [1.807, 2.05) is 29.6 Å². The van der Waals surface area contributed by atoms with Gasteiger partial charge in [0.2, 0.25) is 0 Å². The summed E-state index contributed by atoms with van der Waals surface area (Å²) in [5.74, 6) is 1.84. The van der Waals surface area contributed by atoms with Gasteiger partial charge in [-0.2, -0.15) is 4.98 Å². The molecule has 0 atom stereocenters. The summed E-state index contributed by atoms with van der Waals surface area (Å²) >= 11 is 1.54. The van der Waals surface area contributed by atoms with Gasteiger partial charge in [-0.25, -0.2) is 4.98 Å². The first-order valence-corrected chi connectivity index (χ1v) is 8.79. The summed E-state index contributed by atoms with van der Waals surface area (Å²) in [6.45, 7) is 0. The third-order valence-corrected chi connectivity index (χ3v) is 5.32. The number of benzene rings is 1. The topological polar surface area (TPSA) is 87.1 Å². The molecule has 0 unspecified atom stereocenters. The largest absolute Gasteiger partial charge is 0.497 e. The minimum absolute atomic E-state index is 0. The Hall–Kier alpha value is -1.96. The van der Waals surface area contributed by atoms with Crippen molar-refractivity contribution in [3.05, 3.63) is 35.5 Å². The molecule has 2 heterocycles. The summed E-state index contributed by atoms with van der Waals surface area (Å²) in [7, 11) is 1.65. The number of rotatable bonds is 4. The molecule has 6 nitrogen and oxygen atoms in total. The molecule has 0 amide bonds. The number of nitrogens with two attached hydrogens (primary N) is 1. The van der Waals surface area contributed by atoms with Crippen LogP contribution in [-0.4, -0.2) is 22.2 Å². The third kappa shape index (κ3) is 3.40. The van der Waals surface area contributed by atoms with E-state index in [4.69, 9.17) is 15.0 Å². The Balaban J connectivity index is 0.00000182. The molecule has 1 fully saturated rings. The van der Waals surface area contributed by atoms with Gasteiger partial charge in [0.05, 0.1) is 12.6 Å². The fourth-order valence-electron chi connectivity index (χ4n) is 3.00. The highest BCUT2D eigenvalue weighted by Gasteiger charge is 2.36. The van der Waals surface area contributed by atoms with Gasteiger partial charge in [-0.3, -0.25) is 0 Å². The SMILES string of the molecule is COc1ccc(-c2nc(-c3nc(C4(N)CCCC4)no3)cs2)cc1.Cl. The van der Waals surface area contributed by atoms with Gasteiger partial charge >= 0.3 is 0 Å². The molecule has 3 aromatic rings. The molecule has 0 spiro atoms. The van der Waals surface area contributed by atoms with Crippen LogP contribution in [0.2, 0.25) is 0 Å². The predicted molar refractivity (Wildman–Crippen MR) is 99.0 cm³/mol. The van der Waals surface area contributed by atoms with Gasteiger partial charge in [0, 0.05) is 10.9 Å². The van der Waals surface area contributed by atoms with E-state index in [-0.39, 0.29) is 12.4 Å². The van der Waals surface area contributed by atoms with Crippen LogP contribution in [0.15, 0.2) is 34.2 Å². The number of methoxy groups -OCH3 is 1. The van der Waals surface area contributed by atoms with Crippen molar-refractivity contribution >= 4 is 23.7 Å². The van der Waals surface area contributed by atoms with E-state index in [9.17, 15) is 0 Å². The molecular formula is C17H19ClN4O2S. The molecule has 1 saturated carbocycles. The van der Waals surface area contributed by atoms with E-state index in [0.29, 0.717) is 17.4 Å². The quantitative estimate of drug-likeness (QED) is 0.737. The lowest BCUT2D eigenvalue weighted by molar-refractivity contribution is 0.372. The zero-order valence-electron chi connectivity index (χ0n) is 13.8. The van der Waals surface area contributed by atoms with Crippen LogP contribution in [0, 0.1) is 0 Å². The summed E-state index contributed by atoms with van der Waals surface area (Å²) in [6.07, 6.45) is 4.03. The van der Waals surface area contributed by atoms with Gasteiger partial charge in [0.25, 0.3) is 5.89 Å². The highest BCUT2D eigenvalue weighted by Crippen LogP contribution is 2.36. The molecule has 132 valence electrons. The second kappa shape index (κ2) is 7.11. The van der Waals surface area contributed by atoms with Crippen molar-refractivity contribution in [2.24, 2.45) is 5.73 Å². The molecule has 0 bridgehead atoms. The van der Waals surface area contributed by atoms with E-state index in [0.717, 1.165) is 42.0 Å². The number of halogens is 1. The molecule has 1 aliphatic carbocycles. The normalized spacial score (nSPS) is 15.8. The molecule has 0 aliphatic heterocycles. The Morgan fingerprint density at radius 2 is 1.88 bits per heavy atom. The lowest BCUT2D eigenvalue weighted by atomic mass is 9.99. The van der Waals surface area contributed by atoms with E-state index in [1.54, 1.807) is 18.4 Å². The highest BCUT2D eigenvalue weighted by atomic mass is 35.5. The molecule has 0 saturated heterocycles. The van der Waals surface area contributed by atoms with E-state index >= 15 is 0 Å². The molecule has 25 heavy (non-hydrogen) atoms. The number of thiazole rings is 1. The third-order valence-electron chi connectivity index (χ3n) is 4.43. The lowest BCUT2D eigenvalue weighted by Crippen LogP contribution is -2.34. The Kier molecular flexibility index (Phi) is 5.08. The standard InChI is InChI=1S/C17H18N4O2S.ClH/c1-22-12-6-4-11(5-7-12)15-19-13(10-24-15)14-20-16(21-23-14)17(18)8-2-3-9-17;/h4-7,10H,2-3,8-9,18H2,1H3;1H. The van der Waals surface area contributed by atoms with Crippen molar-refractivity contribution in [1.82, 2.24) is 15.1 Å². The van der Waals surface area contributed by atoms with Crippen molar-refractivity contribution in [1.29, 1.82) is 0 Å². The van der Waals surface area contributed by atoms with Crippen molar-refractivity contribution in [3.63, 3.8) is 0 Å². The molecule has 8 heteroatoms. The minimum Gasteiger partial charge on any atom is -0.497 e. The molecule has 1 aromatic carbocycles. The summed E-state index contributed by atoms with van der Waals surface area (Å²) in [6, 6.07) is 7.79. The van der Waals surface area contributed by atoms with Crippen LogP contribution >= 0.6 is 23.7 Å². The molecule has 0 radical (unpaired) electrons. The first-order valence-electron chi connectivity index (χ1n) is 7.91. The summed E-state index contributed by atoms with van der Waals surface area (Å²) in [4.78, 5) is 9.10. The number of hydrogen-bond acceptors (Lipinski definition) is 7. The zero-order chi connectivity index (χ0) is 16.6. The lowest BCUT2D eigenvalue weighted by Gasteiger charge is -2.17. The fourth-order valence-corrected chi connectivity index (χ4v) is 3.80. The average Bonchev–Trinajstić information content (AvgIpc) is 3.35. The minimum atomic E-state index is -0.448. The Morgan fingerprint density at radius 3 is 2.56 bits per heavy atom. The summed E-state index contributed by atoms with van der Waals surface area (Å²) < 4.78 is 10.6. The number of aromatic nitrogens is 3. The second-order valence-corrected chi connectivity index (χ2v) is 6.91. The Bertz CT molecular complexity index is 840. The first kappa shape index (κ1) is 17.8. The number of hydrogen-bond donors (Lipinski definition) is 1. The number of nitrogens with zero attached hydrogens (tertiary/aromatic N) is 3. The van der Waals surface area contributed by atoms with Crippen LogP contribution < -0.4 is 10.5 Å². The smallest absolute Gasteiger partial charge is 0.277 e. The van der Waals surface area contributed by atoms with Crippen LogP contribution in [0.1, 0.15) is 31.5 Å². The molecule has 4 rings (SSSR count). The monoisotopic (exact) mass is 378 g/mol. The zero-order valence-corrected chi connectivity index (χ0v) is 15.4. The van der Waals surface area contributed by atoms with Crippen molar-refractivity contribution in [3.8, 4) is 27.9 Å². The van der Waals surface area contributed by atoms with Crippen molar-refractivity contribution < 1.29 is 9.26 Å². The van der Waals surface area contributed by atoms with Gasteiger partial charge in [-0.15, -0.1) is 23.7 Å². The Morgan fingerprint density at radius 1 is 1.16 bits per heavy atom. The van der Waals surface area contributed by atoms with Gasteiger partial charge in [0.1, 0.15) is 16.5 Å². The maximum atomic E-state index is 6.38. The van der Waals surface area contributed by atoms with Crippen LogP contribution in [0.25, 0.3) is 22.2 Å². The van der Waals surface area contributed by atoms with Gasteiger partial charge in [-0.1, -0.05) is 18.0 Å². The van der Waals surface area contributed by atoms with Crippen LogP contribution in [0.4, 0.5) is 0 Å². The summed E-state index contributed by atoms with van der Waals surface area (Å²) in [5.41, 5.74) is 7.64. The van der Waals surface area contributed by atoms with E-state index in [1.165, 1.54) is 0 Å². The van der Waals surface area contributed by atoms with Gasteiger partial charge < -0.3 is 15.0 Å². The van der Waals surface area contributed by atoms with Gasteiger partial charge in [0.15, 0.2) is 5.82 Å². The highest BCUT2D eigenvalue weighted by molar-refractivity contribution is 7.13. The first-order chi connectivity index (χ1) is 11.7. The molecule has 2 aromatic heterocycles. The van der Waals surface area contributed by atoms with Crippen molar-refractivity contribution in [2.75, 3.05) is 7.11 Å². The van der Waals surface area contributed by atoms with Crippen LogP contribution in [-0.2, 0) is 5.54 Å². The molecule has 2 N–H and O–H groups in total. The maximum absolute atomic E-state index is 6.38. The Labute approximate surface area is 155 Å². The molecular weight excluding hydrogens is 360 g/mol. The van der Waals surface area contributed by atoms with E-state index in [2.05, 4.69) is 15.1 Å². The van der Waals surface area contributed by atoms with Crippen LogP contribution in [0.5, 0.6) is 5.75 Å². The fraction of sp³-hybridized carbons (Fsp3) is 0.353. The average molecular weight is 379 g/mol. The second-order valence-electron chi connectivity index (χ2n) is 6.05. The summed E-state index contributed by atoms with van der Waals surface area (Å²) in [5, 5.41) is 6.91. The van der Waals surface area contributed by atoms with E-state index < -0.39 is 5.54 Å². The maximum Gasteiger partial charge on any atom is 0.277 e. The van der Waals surface area contributed by atoms with Crippen molar-refractivity contribution in [2.45, 2.75) is 31.2 Å². The number of ether oxygens (including phenoxy) is 1. The molecule has 1 aliphatic rings.